The first-order valence-electron chi connectivity index (χ1n) is 10.8. The second kappa shape index (κ2) is 9.80. The molecule has 0 saturated heterocycles. The number of likely N-dealkylation sites (N-methyl/N-ethyl adjacent to an activating group) is 1. The highest BCUT2D eigenvalue weighted by Crippen LogP contribution is 2.32. The van der Waals surface area contributed by atoms with E-state index >= 15 is 0 Å². The van der Waals surface area contributed by atoms with Crippen LogP contribution in [0.3, 0.4) is 0 Å². The van der Waals surface area contributed by atoms with Crippen LogP contribution < -0.4 is 14.8 Å². The minimum atomic E-state index is -3.78. The van der Waals surface area contributed by atoms with Crippen molar-refractivity contribution >= 4 is 21.4 Å². The molecule has 3 aromatic carbocycles. The minimum Gasteiger partial charge on any atom is -0.495 e. The van der Waals surface area contributed by atoms with E-state index in [4.69, 9.17) is 4.74 Å². The Balaban J connectivity index is 1.48. The van der Waals surface area contributed by atoms with Crippen LogP contribution in [0, 0.1) is 5.82 Å². The number of methoxy groups -OCH3 is 1. The Kier molecular flexibility index (Phi) is 6.85. The topological polar surface area (TPSA) is 70.7 Å². The summed E-state index contributed by atoms with van der Waals surface area (Å²) in [4.78, 5) is 2.44. The van der Waals surface area contributed by atoms with Crippen LogP contribution in [0.5, 0.6) is 5.75 Å². The molecule has 0 spiro atoms. The fraction of sp³-hybridized carbons (Fsp3) is 0.280. The van der Waals surface area contributed by atoms with Crippen molar-refractivity contribution in [3.05, 3.63) is 83.2 Å². The fourth-order valence-electron chi connectivity index (χ4n) is 3.88. The third-order valence-corrected chi connectivity index (χ3v) is 7.25. The number of nitrogens with one attached hydrogen (secondary N) is 2. The molecule has 174 valence electrons. The van der Waals surface area contributed by atoms with Gasteiger partial charge in [0.15, 0.2) is 0 Å². The standard InChI is InChI=1S/C25H28FN3O3S/c1-29-13-11-19-15-24(25(32-2)16-20(19)12-14-29)28-33(30,31)23-9-3-18(4-10-23)17-27-22-7-5-21(26)6-8-22/h3-10,15-16,27-28H,11-14,17H2,1-2H3. The molecular weight excluding hydrogens is 441 g/mol. The molecule has 0 fully saturated rings. The van der Waals surface area contributed by atoms with E-state index in [1.165, 1.54) is 17.7 Å². The van der Waals surface area contributed by atoms with Gasteiger partial charge in [0, 0.05) is 25.3 Å². The van der Waals surface area contributed by atoms with Gasteiger partial charge in [-0.2, -0.15) is 0 Å². The Bertz CT molecular complexity index is 1210. The van der Waals surface area contributed by atoms with E-state index in [0.29, 0.717) is 18.0 Å². The van der Waals surface area contributed by atoms with E-state index in [2.05, 4.69) is 22.0 Å². The summed E-state index contributed by atoms with van der Waals surface area (Å²) in [7, 11) is -0.148. The van der Waals surface area contributed by atoms with Gasteiger partial charge in [-0.25, -0.2) is 12.8 Å². The molecule has 0 unspecified atom stereocenters. The SMILES string of the molecule is COc1cc2c(cc1NS(=O)(=O)c1ccc(CNc3ccc(F)cc3)cc1)CCN(C)CC2. The molecule has 0 radical (unpaired) electrons. The first-order valence-corrected chi connectivity index (χ1v) is 12.3. The van der Waals surface area contributed by atoms with Crippen LogP contribution >= 0.6 is 0 Å². The smallest absolute Gasteiger partial charge is 0.262 e. The number of benzene rings is 3. The molecule has 0 atom stereocenters. The Morgan fingerprint density at radius 2 is 1.61 bits per heavy atom. The van der Waals surface area contributed by atoms with Crippen LogP contribution in [0.2, 0.25) is 0 Å². The summed E-state index contributed by atoms with van der Waals surface area (Å²) in [5.74, 6) is 0.225. The van der Waals surface area contributed by atoms with Crippen molar-refractivity contribution in [1.82, 2.24) is 4.90 Å². The largest absolute Gasteiger partial charge is 0.495 e. The summed E-state index contributed by atoms with van der Waals surface area (Å²) in [5.41, 5.74) is 4.47. The third-order valence-electron chi connectivity index (χ3n) is 5.87. The molecule has 1 aliphatic heterocycles. The maximum Gasteiger partial charge on any atom is 0.262 e. The van der Waals surface area contributed by atoms with Crippen molar-refractivity contribution in [1.29, 1.82) is 0 Å². The van der Waals surface area contributed by atoms with Gasteiger partial charge in [0.25, 0.3) is 10.0 Å². The van der Waals surface area contributed by atoms with Gasteiger partial charge < -0.3 is 15.0 Å². The zero-order valence-electron chi connectivity index (χ0n) is 18.8. The van der Waals surface area contributed by atoms with E-state index in [1.54, 1.807) is 43.5 Å². The first kappa shape index (κ1) is 23.1. The van der Waals surface area contributed by atoms with Gasteiger partial charge in [-0.3, -0.25) is 4.72 Å². The van der Waals surface area contributed by atoms with Gasteiger partial charge in [0.2, 0.25) is 0 Å². The highest BCUT2D eigenvalue weighted by molar-refractivity contribution is 7.92. The lowest BCUT2D eigenvalue weighted by Gasteiger charge is -2.16. The van der Waals surface area contributed by atoms with Crippen molar-refractivity contribution < 1.29 is 17.5 Å². The van der Waals surface area contributed by atoms with Gasteiger partial charge in [0.05, 0.1) is 17.7 Å². The summed E-state index contributed by atoms with van der Waals surface area (Å²) >= 11 is 0. The normalized spacial score (nSPS) is 14.3. The molecule has 8 heteroatoms. The van der Waals surface area contributed by atoms with Gasteiger partial charge in [-0.05, 0) is 85.1 Å². The predicted molar refractivity (Wildman–Crippen MR) is 129 cm³/mol. The molecule has 0 saturated carbocycles. The minimum absolute atomic E-state index is 0.171. The number of sulfonamides is 1. The molecule has 1 heterocycles. The van der Waals surface area contributed by atoms with E-state index in [0.717, 1.165) is 42.7 Å². The van der Waals surface area contributed by atoms with Crippen molar-refractivity contribution in [2.24, 2.45) is 0 Å². The van der Waals surface area contributed by atoms with Crippen molar-refractivity contribution in [3.63, 3.8) is 0 Å². The Morgan fingerprint density at radius 1 is 0.970 bits per heavy atom. The predicted octanol–water partition coefficient (Wildman–Crippen LogP) is 4.28. The number of anilines is 2. The number of nitrogens with zero attached hydrogens (tertiary/aromatic N) is 1. The lowest BCUT2D eigenvalue weighted by molar-refractivity contribution is 0.352. The number of fused-ring (bicyclic) bond motifs is 1. The van der Waals surface area contributed by atoms with Gasteiger partial charge >= 0.3 is 0 Å². The number of rotatable bonds is 7. The molecular formula is C25H28FN3O3S. The number of halogens is 1. The highest BCUT2D eigenvalue weighted by atomic mass is 32.2. The fourth-order valence-corrected chi connectivity index (χ4v) is 4.94. The van der Waals surface area contributed by atoms with Gasteiger partial charge in [0.1, 0.15) is 11.6 Å². The summed E-state index contributed by atoms with van der Waals surface area (Å²) in [6.45, 7) is 2.38. The third kappa shape index (κ3) is 5.64. The molecule has 1 aliphatic rings. The van der Waals surface area contributed by atoms with Crippen LogP contribution in [-0.4, -0.2) is 40.6 Å². The molecule has 3 aromatic rings. The van der Waals surface area contributed by atoms with Crippen molar-refractivity contribution in [2.75, 3.05) is 37.3 Å². The van der Waals surface area contributed by atoms with Crippen LogP contribution in [0.25, 0.3) is 0 Å². The summed E-state index contributed by atoms with van der Waals surface area (Å²) in [5, 5.41) is 3.19. The lowest BCUT2D eigenvalue weighted by atomic mass is 10.0. The van der Waals surface area contributed by atoms with Crippen LogP contribution in [0.15, 0.2) is 65.6 Å². The number of hydrogen-bond acceptors (Lipinski definition) is 5. The zero-order chi connectivity index (χ0) is 23.4. The van der Waals surface area contributed by atoms with E-state index in [-0.39, 0.29) is 10.7 Å². The highest BCUT2D eigenvalue weighted by Gasteiger charge is 2.20. The quantitative estimate of drug-likeness (QED) is 0.541. The van der Waals surface area contributed by atoms with Crippen molar-refractivity contribution in [3.8, 4) is 5.75 Å². The molecule has 0 aromatic heterocycles. The second-order valence-corrected chi connectivity index (χ2v) is 9.92. The van der Waals surface area contributed by atoms with Crippen molar-refractivity contribution in [2.45, 2.75) is 24.3 Å². The molecule has 6 nitrogen and oxygen atoms in total. The van der Waals surface area contributed by atoms with Crippen LogP contribution in [0.4, 0.5) is 15.8 Å². The van der Waals surface area contributed by atoms with Crippen LogP contribution in [-0.2, 0) is 29.4 Å². The van der Waals surface area contributed by atoms with Crippen LogP contribution in [0.1, 0.15) is 16.7 Å². The average Bonchev–Trinajstić information content (AvgIpc) is 2.99. The van der Waals surface area contributed by atoms with E-state index in [1.807, 2.05) is 12.1 Å². The molecule has 0 aliphatic carbocycles. The summed E-state index contributed by atoms with van der Waals surface area (Å²) < 4.78 is 47.3. The Labute approximate surface area is 194 Å². The Hall–Kier alpha value is -3.10. The maximum absolute atomic E-state index is 13.1. The van der Waals surface area contributed by atoms with E-state index in [9.17, 15) is 12.8 Å². The van der Waals surface area contributed by atoms with Gasteiger partial charge in [-0.15, -0.1) is 0 Å². The molecule has 0 bridgehead atoms. The van der Waals surface area contributed by atoms with E-state index < -0.39 is 10.0 Å². The number of hydrogen-bond donors (Lipinski definition) is 2. The lowest BCUT2D eigenvalue weighted by Crippen LogP contribution is -2.20. The zero-order valence-corrected chi connectivity index (χ0v) is 19.6. The monoisotopic (exact) mass is 469 g/mol. The molecule has 0 amide bonds. The average molecular weight is 470 g/mol. The van der Waals surface area contributed by atoms with Gasteiger partial charge in [-0.1, -0.05) is 12.1 Å². The summed E-state index contributed by atoms with van der Waals surface area (Å²) in [6.07, 6.45) is 1.77. The molecule has 2 N–H and O–H groups in total. The molecule has 4 rings (SSSR count). The first-order chi connectivity index (χ1) is 15.8. The number of ether oxygens (including phenoxy) is 1. The second-order valence-electron chi connectivity index (χ2n) is 8.23. The Morgan fingerprint density at radius 3 is 2.24 bits per heavy atom. The summed E-state index contributed by atoms with van der Waals surface area (Å²) in [6, 6.07) is 16.6. The molecule has 33 heavy (non-hydrogen) atoms. The maximum atomic E-state index is 13.1.